The molecule has 0 spiro atoms. The first-order valence-electron chi connectivity index (χ1n) is 5.01. The summed E-state index contributed by atoms with van der Waals surface area (Å²) < 4.78 is 15.0. The van der Waals surface area contributed by atoms with Crippen molar-refractivity contribution in [3.63, 3.8) is 0 Å². The Bertz CT molecular complexity index is 385. The highest BCUT2D eigenvalue weighted by molar-refractivity contribution is 5.93. The molecule has 0 saturated heterocycles. The number of carbonyl (C=O) groups is 1. The van der Waals surface area contributed by atoms with Gasteiger partial charge in [-0.3, -0.25) is 0 Å². The Morgan fingerprint density at radius 1 is 1.12 bits per heavy atom. The van der Waals surface area contributed by atoms with Crippen LogP contribution in [0.2, 0.25) is 0 Å². The zero-order chi connectivity index (χ0) is 12.1. The summed E-state index contributed by atoms with van der Waals surface area (Å²) >= 11 is 0. The number of methoxy groups -OCH3 is 3. The topological polar surface area (TPSA) is 44.8 Å². The minimum atomic E-state index is -0.408. The summed E-state index contributed by atoms with van der Waals surface area (Å²) in [5.41, 5.74) is 1.37. The maximum atomic E-state index is 11.5. The van der Waals surface area contributed by atoms with Gasteiger partial charge in [-0.1, -0.05) is 6.92 Å². The molecule has 0 aliphatic carbocycles. The third-order valence-electron chi connectivity index (χ3n) is 2.39. The number of esters is 1. The number of hydrogen-bond acceptors (Lipinski definition) is 4. The predicted molar refractivity (Wildman–Crippen MR) is 60.3 cm³/mol. The molecule has 0 fully saturated rings. The minimum absolute atomic E-state index is 0.408. The Morgan fingerprint density at radius 2 is 1.75 bits per heavy atom. The van der Waals surface area contributed by atoms with Crippen LogP contribution in [-0.2, 0) is 11.2 Å². The summed E-state index contributed by atoms with van der Waals surface area (Å²) in [6, 6.07) is 3.44. The quantitative estimate of drug-likeness (QED) is 0.734. The molecule has 0 amide bonds. The summed E-state index contributed by atoms with van der Waals surface area (Å²) in [6.07, 6.45) is 0.775. The van der Waals surface area contributed by atoms with Crippen LogP contribution in [-0.4, -0.2) is 27.3 Å². The van der Waals surface area contributed by atoms with E-state index in [1.54, 1.807) is 19.2 Å². The Labute approximate surface area is 95.1 Å². The van der Waals surface area contributed by atoms with Crippen molar-refractivity contribution in [2.45, 2.75) is 13.3 Å². The summed E-state index contributed by atoms with van der Waals surface area (Å²) in [5, 5.41) is 0. The van der Waals surface area contributed by atoms with E-state index < -0.39 is 5.97 Å². The monoisotopic (exact) mass is 224 g/mol. The SMILES string of the molecule is CCc1cc(C(=O)OC)c(OC)cc1OC. The van der Waals surface area contributed by atoms with Gasteiger partial charge >= 0.3 is 5.97 Å². The van der Waals surface area contributed by atoms with Gasteiger partial charge in [-0.25, -0.2) is 4.79 Å². The average molecular weight is 224 g/mol. The van der Waals surface area contributed by atoms with Crippen molar-refractivity contribution in [3.8, 4) is 11.5 Å². The van der Waals surface area contributed by atoms with Crippen molar-refractivity contribution < 1.29 is 19.0 Å². The van der Waals surface area contributed by atoms with Gasteiger partial charge in [-0.05, 0) is 18.1 Å². The normalized spacial score (nSPS) is 9.75. The zero-order valence-corrected chi connectivity index (χ0v) is 9.99. The predicted octanol–water partition coefficient (Wildman–Crippen LogP) is 2.05. The highest BCUT2D eigenvalue weighted by Crippen LogP contribution is 2.29. The second-order valence-electron chi connectivity index (χ2n) is 3.21. The van der Waals surface area contributed by atoms with Crippen LogP contribution in [0.1, 0.15) is 22.8 Å². The Balaban J connectivity index is 3.31. The standard InChI is InChI=1S/C12H16O4/c1-5-8-6-9(12(13)16-4)11(15-3)7-10(8)14-2/h6-7H,5H2,1-4H3. The number of benzene rings is 1. The fourth-order valence-electron chi connectivity index (χ4n) is 1.51. The largest absolute Gasteiger partial charge is 0.496 e. The molecule has 4 nitrogen and oxygen atoms in total. The van der Waals surface area contributed by atoms with Crippen LogP contribution in [0.3, 0.4) is 0 Å². The van der Waals surface area contributed by atoms with Crippen molar-refractivity contribution in [1.82, 2.24) is 0 Å². The molecule has 88 valence electrons. The van der Waals surface area contributed by atoms with E-state index in [9.17, 15) is 4.79 Å². The number of carbonyl (C=O) groups excluding carboxylic acids is 1. The number of hydrogen-bond donors (Lipinski definition) is 0. The second-order valence-corrected chi connectivity index (χ2v) is 3.21. The first-order valence-corrected chi connectivity index (χ1v) is 5.01. The molecule has 0 unspecified atom stereocenters. The van der Waals surface area contributed by atoms with Crippen LogP contribution in [0.4, 0.5) is 0 Å². The average Bonchev–Trinajstić information content (AvgIpc) is 2.35. The van der Waals surface area contributed by atoms with Crippen LogP contribution in [0.25, 0.3) is 0 Å². The van der Waals surface area contributed by atoms with Crippen molar-refractivity contribution >= 4 is 5.97 Å². The van der Waals surface area contributed by atoms with E-state index in [-0.39, 0.29) is 0 Å². The van der Waals surface area contributed by atoms with Gasteiger partial charge < -0.3 is 14.2 Å². The third kappa shape index (κ3) is 2.27. The Morgan fingerprint density at radius 3 is 2.19 bits per heavy atom. The molecule has 16 heavy (non-hydrogen) atoms. The van der Waals surface area contributed by atoms with Gasteiger partial charge in [0.25, 0.3) is 0 Å². The van der Waals surface area contributed by atoms with Crippen LogP contribution in [0, 0.1) is 0 Å². The molecule has 0 aliphatic heterocycles. The molecule has 0 atom stereocenters. The van der Waals surface area contributed by atoms with E-state index >= 15 is 0 Å². The van der Waals surface area contributed by atoms with Gasteiger partial charge in [0.05, 0.1) is 21.3 Å². The fraction of sp³-hybridized carbons (Fsp3) is 0.417. The van der Waals surface area contributed by atoms with Gasteiger partial charge in [0, 0.05) is 6.07 Å². The molecule has 0 heterocycles. The maximum absolute atomic E-state index is 11.5. The van der Waals surface area contributed by atoms with Crippen molar-refractivity contribution in [1.29, 1.82) is 0 Å². The molecule has 1 aromatic carbocycles. The van der Waals surface area contributed by atoms with Gasteiger partial charge in [0.15, 0.2) is 0 Å². The van der Waals surface area contributed by atoms with E-state index in [1.165, 1.54) is 14.2 Å². The number of ether oxygens (including phenoxy) is 3. The lowest BCUT2D eigenvalue weighted by molar-refractivity contribution is 0.0597. The van der Waals surface area contributed by atoms with E-state index in [4.69, 9.17) is 14.2 Å². The molecule has 0 bridgehead atoms. The molecule has 0 aromatic heterocycles. The van der Waals surface area contributed by atoms with Crippen LogP contribution >= 0.6 is 0 Å². The first-order chi connectivity index (χ1) is 7.67. The lowest BCUT2D eigenvalue weighted by Crippen LogP contribution is -2.06. The van der Waals surface area contributed by atoms with Crippen molar-refractivity contribution in [3.05, 3.63) is 23.3 Å². The lowest BCUT2D eigenvalue weighted by Gasteiger charge is -2.12. The van der Waals surface area contributed by atoms with Crippen molar-refractivity contribution in [2.24, 2.45) is 0 Å². The Kier molecular flexibility index (Phi) is 4.17. The Hall–Kier alpha value is -1.71. The molecule has 0 N–H and O–H groups in total. The maximum Gasteiger partial charge on any atom is 0.341 e. The minimum Gasteiger partial charge on any atom is -0.496 e. The van der Waals surface area contributed by atoms with Crippen LogP contribution < -0.4 is 9.47 Å². The smallest absolute Gasteiger partial charge is 0.341 e. The van der Waals surface area contributed by atoms with Gasteiger partial charge in [-0.2, -0.15) is 0 Å². The van der Waals surface area contributed by atoms with E-state index in [0.29, 0.717) is 17.1 Å². The molecular formula is C12H16O4. The summed E-state index contributed by atoms with van der Waals surface area (Å²) in [4.78, 5) is 11.5. The van der Waals surface area contributed by atoms with Crippen LogP contribution in [0.5, 0.6) is 11.5 Å². The highest BCUT2D eigenvalue weighted by atomic mass is 16.5. The first kappa shape index (κ1) is 12.4. The van der Waals surface area contributed by atoms with E-state index in [1.807, 2.05) is 6.92 Å². The molecule has 0 aliphatic rings. The molecule has 0 radical (unpaired) electrons. The van der Waals surface area contributed by atoms with Gasteiger partial charge in [0.2, 0.25) is 0 Å². The van der Waals surface area contributed by atoms with Crippen molar-refractivity contribution in [2.75, 3.05) is 21.3 Å². The van der Waals surface area contributed by atoms with Crippen LogP contribution in [0.15, 0.2) is 12.1 Å². The lowest BCUT2D eigenvalue weighted by atomic mass is 10.1. The van der Waals surface area contributed by atoms with Gasteiger partial charge in [-0.15, -0.1) is 0 Å². The van der Waals surface area contributed by atoms with Gasteiger partial charge in [0.1, 0.15) is 17.1 Å². The summed E-state index contributed by atoms with van der Waals surface area (Å²) in [6.45, 7) is 1.99. The molecule has 4 heteroatoms. The summed E-state index contributed by atoms with van der Waals surface area (Å²) in [7, 11) is 4.44. The molecule has 1 rings (SSSR count). The van der Waals surface area contributed by atoms with E-state index in [0.717, 1.165) is 12.0 Å². The molecular weight excluding hydrogens is 208 g/mol. The number of rotatable bonds is 4. The molecule has 0 saturated carbocycles. The molecule has 1 aromatic rings. The van der Waals surface area contributed by atoms with E-state index in [2.05, 4.69) is 0 Å². The fourth-order valence-corrected chi connectivity index (χ4v) is 1.51. The summed E-state index contributed by atoms with van der Waals surface area (Å²) in [5.74, 6) is 0.766. The zero-order valence-electron chi connectivity index (χ0n) is 9.99. The second kappa shape index (κ2) is 5.39. The third-order valence-corrected chi connectivity index (χ3v) is 2.39. The number of aryl methyl sites for hydroxylation is 1. The highest BCUT2D eigenvalue weighted by Gasteiger charge is 2.16.